The smallest absolute Gasteiger partial charge is 0.317 e. The molecule has 4 aliphatic rings. The van der Waals surface area contributed by atoms with Crippen LogP contribution in [0, 0.1) is 11.8 Å². The van der Waals surface area contributed by atoms with Gasteiger partial charge in [-0.15, -0.1) is 6.58 Å². The van der Waals surface area contributed by atoms with E-state index < -0.39 is 68.6 Å². The van der Waals surface area contributed by atoms with Crippen molar-refractivity contribution in [2.24, 2.45) is 11.8 Å². The Labute approximate surface area is 325 Å². The molecule has 4 heterocycles. The van der Waals surface area contributed by atoms with E-state index in [4.69, 9.17) is 0 Å². The van der Waals surface area contributed by atoms with Crippen LogP contribution < -0.4 is 20.9 Å². The van der Waals surface area contributed by atoms with Gasteiger partial charge >= 0.3 is 6.03 Å². The van der Waals surface area contributed by atoms with E-state index >= 15 is 0 Å². The van der Waals surface area contributed by atoms with Crippen molar-refractivity contribution >= 4 is 44.7 Å². The topological polar surface area (TPSA) is 193 Å². The third-order valence-electron chi connectivity index (χ3n) is 11.4. The van der Waals surface area contributed by atoms with Crippen molar-refractivity contribution in [3.05, 3.63) is 83.4 Å². The third-order valence-corrected chi connectivity index (χ3v) is 13.2. The van der Waals surface area contributed by atoms with Crippen molar-refractivity contribution in [3.8, 4) is 11.1 Å². The Morgan fingerprint density at radius 2 is 1.84 bits per heavy atom. The second-order valence-electron chi connectivity index (χ2n) is 15.6. The highest BCUT2D eigenvalue weighted by Crippen LogP contribution is 2.46. The number of rotatable bonds is 8. The first-order chi connectivity index (χ1) is 26.8. The molecular weight excluding hydrogens is 737 g/mol. The SMILES string of the molecule is C=C[C@@H]1C[C@]1(NC(=O)[C@@H]1CC2CN1C(=O)[C@H](C(C)C)NC(=O)N(C)CC/C=C/CCc1c(-c3cccc4ncccc34)cnn2c1=O)C(=O)NS(=O)(=O)C1CC1. The van der Waals surface area contributed by atoms with Crippen molar-refractivity contribution < 1.29 is 27.6 Å². The molecule has 1 aromatic carbocycles. The number of urea groups is 1. The Hall–Kier alpha value is -5.38. The van der Waals surface area contributed by atoms with Crippen molar-refractivity contribution in [3.63, 3.8) is 0 Å². The van der Waals surface area contributed by atoms with Gasteiger partial charge in [-0.1, -0.05) is 50.3 Å². The van der Waals surface area contributed by atoms with E-state index in [0.29, 0.717) is 49.8 Å². The molecule has 56 heavy (non-hydrogen) atoms. The van der Waals surface area contributed by atoms with Crippen molar-refractivity contribution in [2.45, 2.75) is 87.7 Å². The number of nitrogens with one attached hydrogen (secondary N) is 3. The molecule has 15 nitrogen and oxygen atoms in total. The van der Waals surface area contributed by atoms with Gasteiger partial charge in [0.05, 0.1) is 23.0 Å². The van der Waals surface area contributed by atoms with Crippen molar-refractivity contribution in [1.29, 1.82) is 0 Å². The fourth-order valence-electron chi connectivity index (χ4n) is 7.85. The molecule has 3 aromatic rings. The lowest BCUT2D eigenvalue weighted by atomic mass is 9.96. The van der Waals surface area contributed by atoms with Crippen LogP contribution in [0.2, 0.25) is 0 Å². The Morgan fingerprint density at radius 1 is 1.07 bits per heavy atom. The first-order valence-electron chi connectivity index (χ1n) is 19.2. The zero-order valence-corrected chi connectivity index (χ0v) is 32.6. The number of pyridine rings is 1. The van der Waals surface area contributed by atoms with Gasteiger partial charge in [0.15, 0.2) is 0 Å². The van der Waals surface area contributed by atoms with Crippen LogP contribution in [-0.2, 0) is 30.8 Å². The first kappa shape index (κ1) is 38.9. The summed E-state index contributed by atoms with van der Waals surface area (Å²) in [6, 6.07) is 6.06. The van der Waals surface area contributed by atoms with Gasteiger partial charge in [-0.25, -0.2) is 17.9 Å². The zero-order valence-electron chi connectivity index (χ0n) is 31.8. The van der Waals surface area contributed by atoms with Crippen LogP contribution in [0.5, 0.6) is 0 Å². The highest BCUT2D eigenvalue weighted by molar-refractivity contribution is 7.91. The number of carbonyl (C=O) groups excluding carboxylic acids is 4. The van der Waals surface area contributed by atoms with Gasteiger partial charge in [-0.3, -0.25) is 28.9 Å². The van der Waals surface area contributed by atoms with Crippen molar-refractivity contribution in [2.75, 3.05) is 20.1 Å². The summed E-state index contributed by atoms with van der Waals surface area (Å²) in [7, 11) is -2.28. The van der Waals surface area contributed by atoms with E-state index in [1.54, 1.807) is 33.3 Å². The average molecular weight is 785 g/mol. The number of hydrogen-bond acceptors (Lipinski definition) is 9. The number of carbonyl (C=O) groups is 4. The quantitative estimate of drug-likeness (QED) is 0.288. The van der Waals surface area contributed by atoms with E-state index in [1.165, 1.54) is 20.6 Å². The summed E-state index contributed by atoms with van der Waals surface area (Å²) in [6.07, 6.45) is 11.3. The van der Waals surface area contributed by atoms with E-state index in [2.05, 4.69) is 32.0 Å². The van der Waals surface area contributed by atoms with E-state index in [0.717, 1.165) is 16.5 Å². The molecule has 4 bridgehead atoms. The van der Waals surface area contributed by atoms with Crippen molar-refractivity contribution in [1.82, 2.24) is 39.9 Å². The molecule has 2 aliphatic heterocycles. The summed E-state index contributed by atoms with van der Waals surface area (Å²) in [5.74, 6) is -3.01. The maximum atomic E-state index is 14.6. The minimum absolute atomic E-state index is 0.0309. The highest BCUT2D eigenvalue weighted by Gasteiger charge is 2.62. The minimum atomic E-state index is -3.92. The molecule has 5 atom stereocenters. The Balaban J connectivity index is 1.28. The van der Waals surface area contributed by atoms with E-state index in [1.807, 2.05) is 42.5 Å². The van der Waals surface area contributed by atoms with Crippen LogP contribution in [0.1, 0.15) is 64.0 Å². The molecule has 0 radical (unpaired) electrons. The molecule has 0 spiro atoms. The minimum Gasteiger partial charge on any atom is -0.339 e. The zero-order chi connectivity index (χ0) is 39.9. The van der Waals surface area contributed by atoms with Crippen LogP contribution in [0.25, 0.3) is 22.0 Å². The largest absolute Gasteiger partial charge is 0.339 e. The molecule has 296 valence electrons. The monoisotopic (exact) mass is 784 g/mol. The van der Waals surface area contributed by atoms with Crippen LogP contribution in [0.15, 0.2) is 72.3 Å². The highest BCUT2D eigenvalue weighted by atomic mass is 32.2. The maximum absolute atomic E-state index is 14.6. The Kier molecular flexibility index (Phi) is 10.6. The van der Waals surface area contributed by atoms with E-state index in [9.17, 15) is 32.4 Å². The average Bonchev–Trinajstić information content (AvgIpc) is 4.10. The van der Waals surface area contributed by atoms with Gasteiger partial charge < -0.3 is 20.4 Å². The van der Waals surface area contributed by atoms with Gasteiger partial charge in [0.2, 0.25) is 21.8 Å². The number of nitrogens with zero attached hydrogens (tertiary/aromatic N) is 5. The number of aromatic nitrogens is 3. The summed E-state index contributed by atoms with van der Waals surface area (Å²) in [6.45, 7) is 7.64. The fraction of sp³-hybridized carbons (Fsp3) is 0.475. The van der Waals surface area contributed by atoms with Gasteiger partial charge in [-0.05, 0) is 62.1 Å². The number of hydrogen-bond donors (Lipinski definition) is 3. The van der Waals surface area contributed by atoms with Crippen LogP contribution in [0.4, 0.5) is 4.79 Å². The normalized spacial score (nSPS) is 26.4. The molecule has 1 unspecified atom stereocenters. The second kappa shape index (κ2) is 15.3. The first-order valence-corrected chi connectivity index (χ1v) is 20.7. The number of benzene rings is 1. The molecule has 16 heteroatoms. The van der Waals surface area contributed by atoms with Crippen LogP contribution in [0.3, 0.4) is 0 Å². The molecule has 7 rings (SSSR count). The van der Waals surface area contributed by atoms with Crippen LogP contribution in [-0.4, -0.2) is 99.7 Å². The molecule has 2 saturated carbocycles. The van der Waals surface area contributed by atoms with Gasteiger partial charge in [-0.2, -0.15) is 5.10 Å². The lowest BCUT2D eigenvalue weighted by molar-refractivity contribution is -0.141. The van der Waals surface area contributed by atoms with Gasteiger partial charge in [0.25, 0.3) is 11.5 Å². The number of sulfonamides is 1. The maximum Gasteiger partial charge on any atom is 0.317 e. The Morgan fingerprint density at radius 3 is 2.55 bits per heavy atom. The predicted octanol–water partition coefficient (Wildman–Crippen LogP) is 2.83. The standard InChI is InChI=1S/C40H48N8O7S/c1-5-25-21-40(25,38(52)45-56(54,55)27-16-17-27)44-35(49)33-20-26-23-47(33)37(51)34(24(2)3)43-39(53)46(4)19-9-7-6-8-12-30-31(22-42-48(26)36(30)50)28-13-10-15-32-29(28)14-11-18-41-32/h5-7,10-11,13-15,18,22,24-27,33-34H,1,8-9,12,16-17,19-21,23H2,2-4H3,(H,43,53)(H,44,49)(H,45,52)/b7-6+/t25-,26?,33+,34+,40-/m1/s1. The molecular formula is C40H48N8O7S. The lowest BCUT2D eigenvalue weighted by Gasteiger charge is -2.32. The molecule has 1 saturated heterocycles. The number of fused-ring (bicyclic) bond motifs is 6. The summed E-state index contributed by atoms with van der Waals surface area (Å²) in [5.41, 5.74) is 0.802. The van der Waals surface area contributed by atoms with Gasteiger partial charge in [0.1, 0.15) is 17.6 Å². The molecule has 3 N–H and O–H groups in total. The molecule has 5 amide bonds. The van der Waals surface area contributed by atoms with Gasteiger partial charge in [0, 0.05) is 55.2 Å². The summed E-state index contributed by atoms with van der Waals surface area (Å²) < 4.78 is 29.0. The van der Waals surface area contributed by atoms with E-state index in [-0.39, 0.29) is 30.9 Å². The molecule has 2 aromatic heterocycles. The van der Waals surface area contributed by atoms with Crippen LogP contribution >= 0.6 is 0 Å². The molecule has 3 fully saturated rings. The second-order valence-corrected chi connectivity index (χ2v) is 17.6. The fourth-order valence-corrected chi connectivity index (χ4v) is 9.21. The summed E-state index contributed by atoms with van der Waals surface area (Å²) in [5, 5.41) is 10.5. The molecule has 2 aliphatic carbocycles. The predicted molar refractivity (Wildman–Crippen MR) is 210 cm³/mol. The Bertz CT molecular complexity index is 2280. The summed E-state index contributed by atoms with van der Waals surface area (Å²) >= 11 is 0. The number of allylic oxidation sites excluding steroid dienone is 1. The number of amides is 5. The third kappa shape index (κ3) is 7.45. The lowest BCUT2D eigenvalue weighted by Crippen LogP contribution is -2.59. The summed E-state index contributed by atoms with van der Waals surface area (Å²) in [4.78, 5) is 77.9.